The lowest BCUT2D eigenvalue weighted by Crippen LogP contribution is -2.35. The fourth-order valence-electron chi connectivity index (χ4n) is 4.68. The maximum Gasteiger partial charge on any atom is 0.0728 e. The molecule has 0 fully saturated rings. The average Bonchev–Trinajstić information content (AvgIpc) is 2.80. The van der Waals surface area contributed by atoms with Crippen molar-refractivity contribution in [3.63, 3.8) is 0 Å². The van der Waals surface area contributed by atoms with Gasteiger partial charge in [0.25, 0.3) is 0 Å². The van der Waals surface area contributed by atoms with Crippen LogP contribution >= 0.6 is 21.6 Å². The van der Waals surface area contributed by atoms with Crippen molar-refractivity contribution < 1.29 is 9.47 Å². The molecule has 2 nitrogen and oxygen atoms in total. The molecule has 0 aromatic heterocycles. The van der Waals surface area contributed by atoms with Crippen LogP contribution < -0.4 is 0 Å². The van der Waals surface area contributed by atoms with Gasteiger partial charge < -0.3 is 9.47 Å². The predicted molar refractivity (Wildman–Crippen MR) is 158 cm³/mol. The third-order valence-corrected chi connectivity index (χ3v) is 17.7. The van der Waals surface area contributed by atoms with Crippen LogP contribution in [0.25, 0.3) is 0 Å². The topological polar surface area (TPSA) is 18.5 Å². The van der Waals surface area contributed by atoms with Crippen molar-refractivity contribution in [2.75, 3.05) is 25.7 Å². The minimum Gasteiger partial charge on any atom is -0.384 e. The Hall–Kier alpha value is 1.05. The molecule has 0 N–H and O–H groups in total. The van der Waals surface area contributed by atoms with E-state index in [1.165, 1.54) is 113 Å². The summed E-state index contributed by atoms with van der Waals surface area (Å²) in [6, 6.07) is 5.91. The summed E-state index contributed by atoms with van der Waals surface area (Å²) in [6.07, 6.45) is 16.6. The highest BCUT2D eigenvalue weighted by molar-refractivity contribution is 8.76. The first-order valence-electron chi connectivity index (χ1n) is 14.0. The Morgan fingerprint density at radius 1 is 0.500 bits per heavy atom. The number of unbranched alkanes of at least 4 members (excludes halogenated alkanes) is 8. The summed E-state index contributed by atoms with van der Waals surface area (Å²) in [5, 5.41) is 0. The van der Waals surface area contributed by atoms with E-state index in [0.717, 1.165) is 0 Å². The third kappa shape index (κ3) is 17.5. The van der Waals surface area contributed by atoms with Gasteiger partial charge in [-0.25, -0.2) is 0 Å². The fourth-order valence-corrected chi connectivity index (χ4v) is 16.5. The molecule has 2 unspecified atom stereocenters. The molecular formula is C26H58O2S2Si2. The van der Waals surface area contributed by atoms with Crippen molar-refractivity contribution in [1.82, 2.24) is 0 Å². The molecule has 0 saturated heterocycles. The van der Waals surface area contributed by atoms with Gasteiger partial charge in [-0.3, -0.25) is 0 Å². The molecule has 0 aromatic carbocycles. The molecule has 2 atom stereocenters. The molecule has 0 heterocycles. The molecule has 194 valence electrons. The Bertz CT molecular complexity index is 324. The van der Waals surface area contributed by atoms with Crippen molar-refractivity contribution in [1.29, 1.82) is 0 Å². The van der Waals surface area contributed by atoms with E-state index in [-0.39, 0.29) is 0 Å². The molecule has 0 radical (unpaired) electrons. The van der Waals surface area contributed by atoms with Gasteiger partial charge in [-0.15, -0.1) is 0 Å². The Kier molecular flexibility index (Phi) is 26.0. The summed E-state index contributed by atoms with van der Waals surface area (Å²) in [7, 11) is 6.45. The zero-order chi connectivity index (χ0) is 23.9. The summed E-state index contributed by atoms with van der Waals surface area (Å²) in [5.41, 5.74) is 1.09. The Labute approximate surface area is 214 Å². The van der Waals surface area contributed by atoms with E-state index in [1.807, 2.05) is 14.2 Å². The van der Waals surface area contributed by atoms with Crippen LogP contribution in [0, 0.1) is 0 Å². The molecule has 32 heavy (non-hydrogen) atoms. The SMILES string of the molecule is CCCCC[SiH](CCCCC)C(CSSCC(OC)[SiH](CCCCC)CCCCC)OC. The molecule has 0 amide bonds. The zero-order valence-electron chi connectivity index (χ0n) is 22.7. The molecule has 0 rings (SSSR count). The summed E-state index contributed by atoms with van der Waals surface area (Å²) in [4.78, 5) is 0. The standard InChI is InChI=1S/C26H58O2S2Si2/c1-7-11-15-19-31(20-16-12-8-2)25(27-5)23-29-30-24-26(28-6)32(21-17-13-9-3)22-18-14-10-4/h25-26,31-32H,7-24H2,1-6H3. The third-order valence-electron chi connectivity index (χ3n) is 6.92. The quantitative estimate of drug-likeness (QED) is 0.0677. The maximum absolute atomic E-state index is 6.09. The molecule has 6 heteroatoms. The molecule has 0 aliphatic carbocycles. The van der Waals surface area contributed by atoms with Gasteiger partial charge in [-0.05, 0) is 0 Å². The molecule has 0 aromatic rings. The van der Waals surface area contributed by atoms with Gasteiger partial charge in [0.05, 0.1) is 29.0 Å². The van der Waals surface area contributed by atoms with E-state index in [0.29, 0.717) is 11.5 Å². The smallest absolute Gasteiger partial charge is 0.0728 e. The number of hydrogen-bond donors (Lipinski definition) is 0. The molecular weight excluding hydrogens is 465 g/mol. The number of hydrogen-bond acceptors (Lipinski definition) is 4. The lowest BCUT2D eigenvalue weighted by molar-refractivity contribution is 0.177. The minimum absolute atomic E-state index is 0.546. The van der Waals surface area contributed by atoms with E-state index in [1.54, 1.807) is 0 Å². The van der Waals surface area contributed by atoms with Crippen molar-refractivity contribution in [2.45, 2.75) is 140 Å². The number of methoxy groups -OCH3 is 2. The Morgan fingerprint density at radius 2 is 0.781 bits per heavy atom. The van der Waals surface area contributed by atoms with Crippen LogP contribution in [-0.4, -0.2) is 54.8 Å². The largest absolute Gasteiger partial charge is 0.384 e. The highest BCUT2D eigenvalue weighted by Gasteiger charge is 2.25. The van der Waals surface area contributed by atoms with Gasteiger partial charge in [0.15, 0.2) is 0 Å². The second-order valence-corrected chi connectivity index (χ2v) is 19.0. The fraction of sp³-hybridized carbons (Fsp3) is 1.00. The van der Waals surface area contributed by atoms with Crippen LogP contribution in [0.4, 0.5) is 0 Å². The normalized spacial score (nSPS) is 13.9. The number of ether oxygens (including phenoxy) is 2. The highest BCUT2D eigenvalue weighted by Crippen LogP contribution is 2.29. The van der Waals surface area contributed by atoms with Crippen LogP contribution in [0.5, 0.6) is 0 Å². The van der Waals surface area contributed by atoms with E-state index in [9.17, 15) is 0 Å². The van der Waals surface area contributed by atoms with Gasteiger partial charge in [-0.2, -0.15) is 0 Å². The van der Waals surface area contributed by atoms with Gasteiger partial charge in [-0.1, -0.05) is 151 Å². The number of rotatable bonds is 25. The lowest BCUT2D eigenvalue weighted by atomic mass is 10.3. The second-order valence-electron chi connectivity index (χ2n) is 9.62. The minimum atomic E-state index is -0.824. The molecule has 0 aliphatic rings. The first kappa shape index (κ1) is 33.1. The van der Waals surface area contributed by atoms with E-state index < -0.39 is 17.6 Å². The van der Waals surface area contributed by atoms with Gasteiger partial charge >= 0.3 is 0 Å². The summed E-state index contributed by atoms with van der Waals surface area (Å²) in [5.74, 6) is 2.37. The van der Waals surface area contributed by atoms with Crippen LogP contribution in [0.1, 0.15) is 105 Å². The first-order chi connectivity index (χ1) is 15.7. The highest BCUT2D eigenvalue weighted by atomic mass is 33.1. The molecule has 0 aliphatic heterocycles. The van der Waals surface area contributed by atoms with Crippen molar-refractivity contribution in [2.24, 2.45) is 0 Å². The van der Waals surface area contributed by atoms with Crippen molar-refractivity contribution in [3.8, 4) is 0 Å². The van der Waals surface area contributed by atoms with Gasteiger partial charge in [0, 0.05) is 25.7 Å². The average molecular weight is 523 g/mol. The summed E-state index contributed by atoms with van der Waals surface area (Å²) in [6.45, 7) is 9.28. The van der Waals surface area contributed by atoms with E-state index in [2.05, 4.69) is 49.3 Å². The maximum atomic E-state index is 6.09. The van der Waals surface area contributed by atoms with Crippen LogP contribution in [-0.2, 0) is 9.47 Å². The zero-order valence-corrected chi connectivity index (χ0v) is 26.6. The van der Waals surface area contributed by atoms with Crippen molar-refractivity contribution >= 4 is 39.2 Å². The van der Waals surface area contributed by atoms with E-state index in [4.69, 9.17) is 9.47 Å². The van der Waals surface area contributed by atoms with Crippen molar-refractivity contribution in [3.05, 3.63) is 0 Å². The Morgan fingerprint density at radius 3 is 1.00 bits per heavy atom. The van der Waals surface area contributed by atoms with Crippen LogP contribution in [0.15, 0.2) is 0 Å². The predicted octanol–water partition coefficient (Wildman–Crippen LogP) is 8.69. The molecule has 0 bridgehead atoms. The first-order valence-corrected chi connectivity index (χ1v) is 21.1. The second kappa shape index (κ2) is 25.2. The van der Waals surface area contributed by atoms with Crippen LogP contribution in [0.2, 0.25) is 24.2 Å². The summed E-state index contributed by atoms with van der Waals surface area (Å²) < 4.78 is 12.2. The Balaban J connectivity index is 4.60. The summed E-state index contributed by atoms with van der Waals surface area (Å²) >= 11 is 0. The van der Waals surface area contributed by atoms with E-state index >= 15 is 0 Å². The lowest BCUT2D eigenvalue weighted by Gasteiger charge is -2.26. The van der Waals surface area contributed by atoms with Gasteiger partial charge in [0.2, 0.25) is 0 Å². The molecule has 0 spiro atoms. The van der Waals surface area contributed by atoms with Gasteiger partial charge in [0.1, 0.15) is 0 Å². The van der Waals surface area contributed by atoms with Crippen LogP contribution in [0.3, 0.4) is 0 Å². The molecule has 0 saturated carbocycles. The monoisotopic (exact) mass is 522 g/mol.